The highest BCUT2D eigenvalue weighted by Gasteiger charge is 2.18. The van der Waals surface area contributed by atoms with Crippen molar-refractivity contribution >= 4 is 46.6 Å². The molecule has 0 heterocycles. The normalized spacial score (nSPS) is 10.1. The molecule has 2 amide bonds. The summed E-state index contributed by atoms with van der Waals surface area (Å²) in [5, 5.41) is 16.2. The van der Waals surface area contributed by atoms with Gasteiger partial charge in [-0.2, -0.15) is 0 Å². The van der Waals surface area contributed by atoms with Crippen LogP contribution in [-0.2, 0) is 14.3 Å². The Morgan fingerprint density at radius 2 is 1.79 bits per heavy atom. The molecule has 0 aliphatic carbocycles. The van der Waals surface area contributed by atoms with E-state index in [1.54, 1.807) is 30.5 Å². The van der Waals surface area contributed by atoms with E-state index in [1.807, 2.05) is 0 Å². The van der Waals surface area contributed by atoms with Gasteiger partial charge in [-0.05, 0) is 36.6 Å². The van der Waals surface area contributed by atoms with Crippen LogP contribution in [0.2, 0.25) is 0 Å². The summed E-state index contributed by atoms with van der Waals surface area (Å²) in [6.07, 6.45) is 1.69. The van der Waals surface area contributed by atoms with Crippen LogP contribution in [0.3, 0.4) is 0 Å². The molecule has 28 heavy (non-hydrogen) atoms. The maximum atomic E-state index is 12.1. The minimum Gasteiger partial charge on any atom is -0.452 e. The first-order chi connectivity index (χ1) is 13.3. The Morgan fingerprint density at radius 1 is 1.11 bits per heavy atom. The summed E-state index contributed by atoms with van der Waals surface area (Å²) < 4.78 is 4.92. The molecular weight excluding hydrogens is 386 g/mol. The topological polar surface area (TPSA) is 128 Å². The second kappa shape index (κ2) is 9.51. The molecule has 0 aliphatic heterocycles. The number of hydrogen-bond acceptors (Lipinski definition) is 7. The van der Waals surface area contributed by atoms with Crippen molar-refractivity contribution in [3.8, 4) is 0 Å². The molecule has 0 saturated carbocycles. The number of esters is 1. The number of carbonyl (C=O) groups excluding carboxylic acids is 3. The zero-order valence-corrected chi connectivity index (χ0v) is 15.9. The molecule has 146 valence electrons. The zero-order chi connectivity index (χ0) is 20.7. The number of anilines is 2. The minimum absolute atomic E-state index is 0.0232. The summed E-state index contributed by atoms with van der Waals surface area (Å²) in [6, 6.07) is 10.4. The second-order valence-corrected chi connectivity index (χ2v) is 6.38. The van der Waals surface area contributed by atoms with Gasteiger partial charge in [-0.3, -0.25) is 19.7 Å². The molecule has 0 unspecified atom stereocenters. The number of thioether (sulfide) groups is 1. The van der Waals surface area contributed by atoms with Crippen LogP contribution < -0.4 is 10.6 Å². The molecule has 2 N–H and O–H groups in total. The van der Waals surface area contributed by atoms with Crippen molar-refractivity contribution in [2.45, 2.75) is 11.8 Å². The van der Waals surface area contributed by atoms with Gasteiger partial charge in [-0.1, -0.05) is 6.07 Å². The van der Waals surface area contributed by atoms with E-state index >= 15 is 0 Å². The molecule has 0 atom stereocenters. The third-order valence-electron chi connectivity index (χ3n) is 3.41. The highest BCUT2D eigenvalue weighted by Crippen LogP contribution is 2.28. The monoisotopic (exact) mass is 403 g/mol. The lowest BCUT2D eigenvalue weighted by molar-refractivity contribution is -0.387. The van der Waals surface area contributed by atoms with Gasteiger partial charge in [0.15, 0.2) is 6.61 Å². The molecule has 2 aromatic rings. The molecule has 0 spiro atoms. The number of nitrogens with one attached hydrogen (secondary N) is 2. The largest absolute Gasteiger partial charge is 0.452 e. The number of nitrogens with zero attached hydrogens (tertiary/aromatic N) is 1. The maximum Gasteiger partial charge on any atom is 0.338 e. The average molecular weight is 403 g/mol. The van der Waals surface area contributed by atoms with E-state index in [-0.39, 0.29) is 17.2 Å². The highest BCUT2D eigenvalue weighted by atomic mass is 32.2. The SMILES string of the molecule is CSc1ccc(C(=O)OCC(=O)Nc2cccc(NC(C)=O)c2)cc1[N+](=O)[O-]. The highest BCUT2D eigenvalue weighted by molar-refractivity contribution is 7.98. The van der Waals surface area contributed by atoms with Crippen LogP contribution in [-0.4, -0.2) is 35.6 Å². The van der Waals surface area contributed by atoms with Crippen LogP contribution >= 0.6 is 11.8 Å². The Balaban J connectivity index is 1.97. The third-order valence-corrected chi connectivity index (χ3v) is 4.20. The summed E-state index contributed by atoms with van der Waals surface area (Å²) in [5.41, 5.74) is 0.682. The molecule has 10 heteroatoms. The fraction of sp³-hybridized carbons (Fsp3) is 0.167. The summed E-state index contributed by atoms with van der Waals surface area (Å²) in [6.45, 7) is 0.794. The predicted octanol–water partition coefficient (Wildman–Crippen LogP) is 3.07. The smallest absolute Gasteiger partial charge is 0.338 e. The van der Waals surface area contributed by atoms with Crippen molar-refractivity contribution < 1.29 is 24.0 Å². The lowest BCUT2D eigenvalue weighted by atomic mass is 10.2. The minimum atomic E-state index is -0.849. The fourth-order valence-corrected chi connectivity index (χ4v) is 2.80. The second-order valence-electron chi connectivity index (χ2n) is 5.53. The van der Waals surface area contributed by atoms with Crippen LogP contribution in [0.1, 0.15) is 17.3 Å². The molecule has 0 saturated heterocycles. The summed E-state index contributed by atoms with van der Waals surface area (Å²) >= 11 is 1.18. The molecule has 0 aliphatic rings. The van der Waals surface area contributed by atoms with Crippen molar-refractivity contribution in [1.29, 1.82) is 0 Å². The molecule has 0 aromatic heterocycles. The van der Waals surface area contributed by atoms with Crippen LogP contribution in [0.15, 0.2) is 47.4 Å². The van der Waals surface area contributed by atoms with Gasteiger partial charge < -0.3 is 15.4 Å². The number of amides is 2. The van der Waals surface area contributed by atoms with Crippen molar-refractivity contribution in [2.24, 2.45) is 0 Å². The number of carbonyl (C=O) groups is 3. The standard InChI is InChI=1S/C18H17N3O6S/c1-11(22)19-13-4-3-5-14(9-13)20-17(23)10-27-18(24)12-6-7-16(28-2)15(8-12)21(25)26/h3-9H,10H2,1-2H3,(H,19,22)(H,20,23). The number of nitro benzene ring substituents is 1. The van der Waals surface area contributed by atoms with Gasteiger partial charge in [-0.15, -0.1) is 11.8 Å². The van der Waals surface area contributed by atoms with Gasteiger partial charge in [0.1, 0.15) is 0 Å². The van der Waals surface area contributed by atoms with Gasteiger partial charge in [0.25, 0.3) is 11.6 Å². The molecule has 2 rings (SSSR count). The first kappa shape index (κ1) is 20.9. The summed E-state index contributed by atoms with van der Waals surface area (Å²) in [4.78, 5) is 46.0. The first-order valence-electron chi connectivity index (χ1n) is 7.97. The first-order valence-corrected chi connectivity index (χ1v) is 9.19. The van der Waals surface area contributed by atoms with E-state index in [4.69, 9.17) is 4.74 Å². The van der Waals surface area contributed by atoms with E-state index < -0.39 is 23.4 Å². The van der Waals surface area contributed by atoms with Gasteiger partial charge in [-0.25, -0.2) is 4.79 Å². The van der Waals surface area contributed by atoms with Crippen LogP contribution in [0.25, 0.3) is 0 Å². The molecule has 2 aromatic carbocycles. The van der Waals surface area contributed by atoms with Crippen molar-refractivity contribution in [3.63, 3.8) is 0 Å². The number of rotatable bonds is 7. The Bertz CT molecular complexity index is 931. The van der Waals surface area contributed by atoms with Crippen molar-refractivity contribution in [3.05, 3.63) is 58.1 Å². The van der Waals surface area contributed by atoms with E-state index in [0.717, 1.165) is 6.07 Å². The molecule has 0 radical (unpaired) electrons. The average Bonchev–Trinajstić information content (AvgIpc) is 2.65. The molecule has 0 bridgehead atoms. The van der Waals surface area contributed by atoms with Crippen LogP contribution in [0.4, 0.5) is 17.1 Å². The fourth-order valence-electron chi connectivity index (χ4n) is 2.25. The molecule has 0 fully saturated rings. The number of benzene rings is 2. The Morgan fingerprint density at radius 3 is 2.39 bits per heavy atom. The van der Waals surface area contributed by atoms with Crippen LogP contribution in [0, 0.1) is 10.1 Å². The van der Waals surface area contributed by atoms with Crippen molar-refractivity contribution in [2.75, 3.05) is 23.5 Å². The number of nitro groups is 1. The van der Waals surface area contributed by atoms with Crippen LogP contribution in [0.5, 0.6) is 0 Å². The number of ether oxygens (including phenoxy) is 1. The van der Waals surface area contributed by atoms with E-state index in [9.17, 15) is 24.5 Å². The van der Waals surface area contributed by atoms with E-state index in [0.29, 0.717) is 16.3 Å². The Labute approximate surface area is 164 Å². The van der Waals surface area contributed by atoms with Crippen molar-refractivity contribution in [1.82, 2.24) is 0 Å². The number of hydrogen-bond donors (Lipinski definition) is 2. The molecular formula is C18H17N3O6S. The van der Waals surface area contributed by atoms with Gasteiger partial charge in [0, 0.05) is 24.4 Å². The maximum absolute atomic E-state index is 12.1. The van der Waals surface area contributed by atoms with E-state index in [2.05, 4.69) is 10.6 Å². The van der Waals surface area contributed by atoms with Gasteiger partial charge >= 0.3 is 5.97 Å². The lowest BCUT2D eigenvalue weighted by Crippen LogP contribution is -2.21. The summed E-state index contributed by atoms with van der Waals surface area (Å²) in [7, 11) is 0. The molecule has 9 nitrogen and oxygen atoms in total. The third kappa shape index (κ3) is 5.81. The Kier molecular flexibility index (Phi) is 7.10. The predicted molar refractivity (Wildman–Crippen MR) is 105 cm³/mol. The van der Waals surface area contributed by atoms with Gasteiger partial charge in [0.2, 0.25) is 5.91 Å². The quantitative estimate of drug-likeness (QED) is 0.315. The Hall–Kier alpha value is -3.40. The lowest BCUT2D eigenvalue weighted by Gasteiger charge is -2.09. The zero-order valence-electron chi connectivity index (χ0n) is 15.1. The summed E-state index contributed by atoms with van der Waals surface area (Å²) in [5.74, 6) is -1.69. The van der Waals surface area contributed by atoms with E-state index in [1.165, 1.54) is 30.8 Å². The van der Waals surface area contributed by atoms with Gasteiger partial charge in [0.05, 0.1) is 15.4 Å².